The molecule has 9 heteroatoms. The van der Waals surface area contributed by atoms with Gasteiger partial charge < -0.3 is 9.30 Å². The van der Waals surface area contributed by atoms with Gasteiger partial charge in [-0.25, -0.2) is 22.5 Å². The summed E-state index contributed by atoms with van der Waals surface area (Å²) in [5.41, 5.74) is 2.24. The van der Waals surface area contributed by atoms with Gasteiger partial charge in [-0.15, -0.1) is 0 Å². The smallest absolute Gasteiger partial charge is 0.310 e. The molecule has 1 aliphatic heterocycles. The number of halogens is 1. The van der Waals surface area contributed by atoms with E-state index < -0.39 is 21.9 Å². The summed E-state index contributed by atoms with van der Waals surface area (Å²) in [6, 6.07) is 7.77. The third-order valence-electron chi connectivity index (χ3n) is 4.81. The number of pyridine rings is 1. The quantitative estimate of drug-likeness (QED) is 0.646. The molecular weight excluding hydrogens is 397 g/mol. The Balaban J connectivity index is 1.67. The molecule has 0 fully saturated rings. The van der Waals surface area contributed by atoms with E-state index >= 15 is 0 Å². The van der Waals surface area contributed by atoms with E-state index in [0.717, 1.165) is 28.8 Å². The Labute approximate surface area is 166 Å². The predicted molar refractivity (Wildman–Crippen MR) is 105 cm³/mol. The Morgan fingerprint density at radius 2 is 2.07 bits per heavy atom. The van der Waals surface area contributed by atoms with E-state index in [1.54, 1.807) is 24.4 Å². The van der Waals surface area contributed by atoms with Gasteiger partial charge in [0, 0.05) is 23.8 Å². The van der Waals surface area contributed by atoms with Gasteiger partial charge >= 0.3 is 5.97 Å². The second kappa shape index (κ2) is 7.41. The minimum Gasteiger partial charge on any atom is -0.469 e. The van der Waals surface area contributed by atoms with Gasteiger partial charge in [0.2, 0.25) is 10.0 Å². The highest BCUT2D eigenvalue weighted by molar-refractivity contribution is 7.89. The van der Waals surface area contributed by atoms with E-state index in [9.17, 15) is 17.6 Å². The van der Waals surface area contributed by atoms with Crippen molar-refractivity contribution in [2.45, 2.75) is 23.9 Å². The highest BCUT2D eigenvalue weighted by atomic mass is 32.2. The molecule has 1 aliphatic rings. The molecule has 150 valence electrons. The largest absolute Gasteiger partial charge is 0.469 e. The third kappa shape index (κ3) is 3.66. The first kappa shape index (κ1) is 19.3. The number of hydrogen-bond acceptors (Lipinski definition) is 5. The van der Waals surface area contributed by atoms with Crippen molar-refractivity contribution in [3.8, 4) is 0 Å². The lowest BCUT2D eigenvalue weighted by molar-refractivity contribution is -0.139. The zero-order chi connectivity index (χ0) is 20.6. The third-order valence-corrected chi connectivity index (χ3v) is 6.32. The molecule has 0 unspecified atom stereocenters. The van der Waals surface area contributed by atoms with Crippen LogP contribution in [0.4, 0.5) is 4.39 Å². The van der Waals surface area contributed by atoms with Crippen LogP contribution < -0.4 is 4.72 Å². The lowest BCUT2D eigenvalue weighted by Crippen LogP contribution is -2.38. The molecule has 4 rings (SSSR count). The van der Waals surface area contributed by atoms with Crippen LogP contribution in [0.3, 0.4) is 0 Å². The number of aromatic nitrogens is 2. The van der Waals surface area contributed by atoms with E-state index in [0.29, 0.717) is 12.2 Å². The number of nitrogens with one attached hydrogen (secondary N) is 1. The van der Waals surface area contributed by atoms with Crippen LogP contribution in [-0.2, 0) is 32.5 Å². The van der Waals surface area contributed by atoms with Crippen LogP contribution in [0.1, 0.15) is 11.3 Å². The van der Waals surface area contributed by atoms with Crippen molar-refractivity contribution in [1.29, 1.82) is 0 Å². The molecule has 0 saturated heterocycles. The molecule has 0 aliphatic carbocycles. The maximum Gasteiger partial charge on any atom is 0.310 e. The first-order chi connectivity index (χ1) is 13.9. The first-order valence-electron chi connectivity index (χ1n) is 8.88. The average Bonchev–Trinajstić information content (AvgIpc) is 3.01. The van der Waals surface area contributed by atoms with E-state index in [2.05, 4.69) is 9.71 Å². The Morgan fingerprint density at radius 1 is 1.31 bits per heavy atom. The fourth-order valence-corrected chi connectivity index (χ4v) is 4.64. The van der Waals surface area contributed by atoms with Crippen molar-refractivity contribution < 1.29 is 22.3 Å². The summed E-state index contributed by atoms with van der Waals surface area (Å²) in [4.78, 5) is 16.2. The number of rotatable bonds is 5. The number of ether oxygens (including phenoxy) is 1. The van der Waals surface area contributed by atoms with Gasteiger partial charge in [-0.1, -0.05) is 6.08 Å². The van der Waals surface area contributed by atoms with Gasteiger partial charge in [0.05, 0.1) is 24.5 Å². The fourth-order valence-electron chi connectivity index (χ4n) is 3.46. The van der Waals surface area contributed by atoms with Crippen LogP contribution >= 0.6 is 0 Å². The molecule has 0 radical (unpaired) electrons. The molecular formula is C20H18FN3O4S. The molecule has 1 aromatic carbocycles. The number of fused-ring (bicyclic) bond motifs is 3. The molecule has 0 bridgehead atoms. The summed E-state index contributed by atoms with van der Waals surface area (Å²) >= 11 is 0. The van der Waals surface area contributed by atoms with Gasteiger partial charge in [-0.3, -0.25) is 4.79 Å². The molecule has 1 atom stereocenters. The minimum atomic E-state index is -3.82. The maximum atomic E-state index is 13.1. The topological polar surface area (TPSA) is 90.3 Å². The molecule has 1 N–H and O–H groups in total. The SMILES string of the molecule is COC(=O)Cc1c2n(c3ncccc13)C[C@H](NS(=O)(=O)c1ccc(F)cc1)C=C2. The van der Waals surface area contributed by atoms with E-state index in [4.69, 9.17) is 4.74 Å². The standard InChI is InChI=1S/C20H18FN3O4S/c1-28-19(25)11-17-16-3-2-10-22-20(16)24-12-14(6-9-18(17)24)23-29(26,27)15-7-4-13(21)5-8-15/h2-10,14,23H,11-12H2,1H3/t14-/m1/s1. The number of carbonyl (C=O) groups excluding carboxylic acids is 1. The van der Waals surface area contributed by atoms with Crippen molar-refractivity contribution >= 4 is 33.1 Å². The molecule has 7 nitrogen and oxygen atoms in total. The summed E-state index contributed by atoms with van der Waals surface area (Å²) in [6.07, 6.45) is 5.25. The Bertz CT molecular complexity index is 1220. The summed E-state index contributed by atoms with van der Waals surface area (Å²) in [5, 5.41) is 0.819. The van der Waals surface area contributed by atoms with Crippen LogP contribution in [0.2, 0.25) is 0 Å². The minimum absolute atomic E-state index is 0.0139. The summed E-state index contributed by atoms with van der Waals surface area (Å²) in [7, 11) is -2.49. The average molecular weight is 415 g/mol. The highest BCUT2D eigenvalue weighted by Gasteiger charge is 2.26. The number of carbonyl (C=O) groups is 1. The number of benzene rings is 1. The first-order valence-corrected chi connectivity index (χ1v) is 10.4. The second-order valence-electron chi connectivity index (χ2n) is 6.64. The summed E-state index contributed by atoms with van der Waals surface area (Å²) in [5.74, 6) is -0.870. The lowest BCUT2D eigenvalue weighted by Gasteiger charge is -2.22. The molecule has 0 spiro atoms. The Hall–Kier alpha value is -3.04. The fraction of sp³-hybridized carbons (Fsp3) is 0.200. The summed E-state index contributed by atoms with van der Waals surface area (Å²) in [6.45, 7) is 0.306. The zero-order valence-electron chi connectivity index (χ0n) is 15.5. The van der Waals surface area contributed by atoms with Gasteiger partial charge in [0.1, 0.15) is 11.5 Å². The van der Waals surface area contributed by atoms with Crippen LogP contribution in [0.15, 0.2) is 53.6 Å². The molecule has 2 aromatic heterocycles. The van der Waals surface area contributed by atoms with Crippen molar-refractivity contribution in [3.05, 3.63) is 65.7 Å². The number of hydrogen-bond donors (Lipinski definition) is 1. The number of esters is 1. The molecule has 0 amide bonds. The van der Waals surface area contributed by atoms with Crippen molar-refractivity contribution in [2.24, 2.45) is 0 Å². The van der Waals surface area contributed by atoms with Crippen LogP contribution in [0.25, 0.3) is 17.1 Å². The van der Waals surface area contributed by atoms with Crippen LogP contribution in [0.5, 0.6) is 0 Å². The van der Waals surface area contributed by atoms with E-state index in [-0.39, 0.29) is 17.3 Å². The van der Waals surface area contributed by atoms with Gasteiger partial charge in [-0.05, 0) is 48.0 Å². The normalized spacial score (nSPS) is 16.0. The molecule has 0 saturated carbocycles. The maximum absolute atomic E-state index is 13.1. The lowest BCUT2D eigenvalue weighted by atomic mass is 10.1. The Kier molecular flexibility index (Phi) is 4.93. The van der Waals surface area contributed by atoms with Crippen molar-refractivity contribution in [3.63, 3.8) is 0 Å². The number of nitrogens with zero attached hydrogens (tertiary/aromatic N) is 2. The van der Waals surface area contributed by atoms with E-state index in [1.807, 2.05) is 10.6 Å². The molecule has 3 aromatic rings. The predicted octanol–water partition coefficient (Wildman–Crippen LogP) is 2.26. The van der Waals surface area contributed by atoms with Gasteiger partial charge in [-0.2, -0.15) is 0 Å². The number of sulfonamides is 1. The van der Waals surface area contributed by atoms with E-state index in [1.165, 1.54) is 19.2 Å². The van der Waals surface area contributed by atoms with Crippen molar-refractivity contribution in [1.82, 2.24) is 14.3 Å². The van der Waals surface area contributed by atoms with Gasteiger partial charge in [0.25, 0.3) is 0 Å². The van der Waals surface area contributed by atoms with Gasteiger partial charge in [0.15, 0.2) is 0 Å². The van der Waals surface area contributed by atoms with Crippen LogP contribution in [0, 0.1) is 5.82 Å². The highest BCUT2D eigenvalue weighted by Crippen LogP contribution is 2.29. The Morgan fingerprint density at radius 3 is 2.79 bits per heavy atom. The second-order valence-corrected chi connectivity index (χ2v) is 8.36. The molecule has 3 heterocycles. The monoisotopic (exact) mass is 415 g/mol. The molecule has 29 heavy (non-hydrogen) atoms. The number of methoxy groups -OCH3 is 1. The van der Waals surface area contributed by atoms with Crippen molar-refractivity contribution in [2.75, 3.05) is 7.11 Å². The zero-order valence-corrected chi connectivity index (χ0v) is 16.3. The summed E-state index contributed by atoms with van der Waals surface area (Å²) < 4.78 is 47.6. The van der Waals surface area contributed by atoms with Crippen LogP contribution in [-0.4, -0.2) is 37.1 Å².